The summed E-state index contributed by atoms with van der Waals surface area (Å²) in [6, 6.07) is 2.73. The van der Waals surface area contributed by atoms with Gasteiger partial charge < -0.3 is 5.32 Å². The topological polar surface area (TPSA) is 12.0 Å². The Labute approximate surface area is 94.9 Å². The molecule has 1 aliphatic rings. The van der Waals surface area contributed by atoms with Crippen LogP contribution < -0.4 is 5.32 Å². The summed E-state index contributed by atoms with van der Waals surface area (Å²) in [7, 11) is 0. The second-order valence-electron chi connectivity index (χ2n) is 4.74. The van der Waals surface area contributed by atoms with Gasteiger partial charge >= 0.3 is 0 Å². The Morgan fingerprint density at radius 1 is 1.25 bits per heavy atom. The molecule has 88 valence electrons. The first-order chi connectivity index (χ1) is 7.59. The van der Waals surface area contributed by atoms with Crippen LogP contribution in [0.25, 0.3) is 0 Å². The zero-order valence-corrected chi connectivity index (χ0v) is 9.69. The van der Waals surface area contributed by atoms with Crippen molar-refractivity contribution in [3.63, 3.8) is 0 Å². The number of rotatable bonds is 2. The fraction of sp³-hybridized carbons (Fsp3) is 0.538. The van der Waals surface area contributed by atoms with E-state index in [2.05, 4.69) is 5.32 Å². The molecule has 0 saturated carbocycles. The molecule has 2 rings (SSSR count). The first kappa shape index (κ1) is 11.5. The monoisotopic (exact) mass is 225 g/mol. The van der Waals surface area contributed by atoms with Gasteiger partial charge in [-0.25, -0.2) is 8.78 Å². The summed E-state index contributed by atoms with van der Waals surface area (Å²) in [6.45, 7) is 5.55. The van der Waals surface area contributed by atoms with Crippen LogP contribution in [-0.4, -0.2) is 13.1 Å². The van der Waals surface area contributed by atoms with Crippen molar-refractivity contribution in [1.82, 2.24) is 5.32 Å². The first-order valence-corrected chi connectivity index (χ1v) is 5.79. The van der Waals surface area contributed by atoms with Crippen LogP contribution >= 0.6 is 0 Å². The Kier molecular flexibility index (Phi) is 3.24. The van der Waals surface area contributed by atoms with Crippen LogP contribution in [0.5, 0.6) is 0 Å². The second kappa shape index (κ2) is 4.50. The van der Waals surface area contributed by atoms with Crippen molar-refractivity contribution >= 4 is 0 Å². The maximum Gasteiger partial charge on any atom is 0.129 e. The highest BCUT2D eigenvalue weighted by atomic mass is 19.1. The molecule has 1 aromatic carbocycles. The van der Waals surface area contributed by atoms with E-state index in [0.717, 1.165) is 25.6 Å². The van der Waals surface area contributed by atoms with E-state index in [0.29, 0.717) is 11.1 Å². The Balaban J connectivity index is 2.40. The van der Waals surface area contributed by atoms with Crippen LogP contribution in [0.4, 0.5) is 8.78 Å². The maximum absolute atomic E-state index is 13.7. The van der Waals surface area contributed by atoms with Crippen LogP contribution in [0.1, 0.15) is 43.2 Å². The summed E-state index contributed by atoms with van der Waals surface area (Å²) >= 11 is 0. The summed E-state index contributed by atoms with van der Waals surface area (Å²) in [5.74, 6) is -0.551. The molecule has 1 nitrogen and oxygen atoms in total. The van der Waals surface area contributed by atoms with Crippen molar-refractivity contribution in [3.8, 4) is 0 Å². The van der Waals surface area contributed by atoms with Crippen molar-refractivity contribution in [3.05, 3.63) is 34.9 Å². The number of benzene rings is 1. The summed E-state index contributed by atoms with van der Waals surface area (Å²) < 4.78 is 27.2. The zero-order chi connectivity index (χ0) is 11.7. The van der Waals surface area contributed by atoms with Gasteiger partial charge in [-0.2, -0.15) is 0 Å². The van der Waals surface area contributed by atoms with Gasteiger partial charge in [-0.15, -0.1) is 0 Å². The fourth-order valence-corrected chi connectivity index (χ4v) is 2.26. The Bertz CT molecular complexity index is 382. The summed E-state index contributed by atoms with van der Waals surface area (Å²) in [5.41, 5.74) is 1.28. The third-order valence-electron chi connectivity index (χ3n) is 3.24. The number of hydrogen-bond acceptors (Lipinski definition) is 1. The molecule has 0 aromatic heterocycles. The average molecular weight is 225 g/mol. The molecule has 0 amide bonds. The van der Waals surface area contributed by atoms with Crippen LogP contribution in [0.15, 0.2) is 12.1 Å². The fourth-order valence-electron chi connectivity index (χ4n) is 2.26. The Morgan fingerprint density at radius 2 is 2.00 bits per heavy atom. The highest BCUT2D eigenvalue weighted by Gasteiger charge is 2.22. The number of halogens is 2. The zero-order valence-electron chi connectivity index (χ0n) is 9.69. The van der Waals surface area contributed by atoms with E-state index in [1.807, 2.05) is 13.8 Å². The molecule has 1 aromatic rings. The molecule has 0 aliphatic carbocycles. The van der Waals surface area contributed by atoms with Crippen LogP contribution in [0, 0.1) is 11.6 Å². The summed E-state index contributed by atoms with van der Waals surface area (Å²) in [4.78, 5) is 0. The molecule has 0 spiro atoms. The lowest BCUT2D eigenvalue weighted by molar-refractivity contribution is 0.545. The lowest BCUT2D eigenvalue weighted by Crippen LogP contribution is -2.10. The predicted octanol–water partition coefficient (Wildman–Crippen LogP) is 3.17. The van der Waals surface area contributed by atoms with Gasteiger partial charge in [0.1, 0.15) is 11.6 Å². The minimum absolute atomic E-state index is 0.0914. The molecule has 1 saturated heterocycles. The molecular formula is C13H17F2N. The second-order valence-corrected chi connectivity index (χ2v) is 4.74. The molecule has 16 heavy (non-hydrogen) atoms. The van der Waals surface area contributed by atoms with Gasteiger partial charge in [0.2, 0.25) is 0 Å². The molecule has 1 atom stereocenters. The first-order valence-electron chi connectivity index (χ1n) is 5.79. The van der Waals surface area contributed by atoms with E-state index in [4.69, 9.17) is 0 Å². The average Bonchev–Trinajstić information content (AvgIpc) is 2.70. The van der Waals surface area contributed by atoms with Crippen molar-refractivity contribution in [2.75, 3.05) is 13.1 Å². The van der Waals surface area contributed by atoms with Gasteiger partial charge in [0.15, 0.2) is 0 Å². The van der Waals surface area contributed by atoms with Gasteiger partial charge in [-0.05, 0) is 36.1 Å². The number of nitrogens with one attached hydrogen (secondary N) is 1. The SMILES string of the molecule is CC(C)c1cc(C2CCNC2)c(F)cc1F. The van der Waals surface area contributed by atoms with Gasteiger partial charge in [-0.3, -0.25) is 0 Å². The largest absolute Gasteiger partial charge is 0.316 e. The van der Waals surface area contributed by atoms with E-state index in [9.17, 15) is 8.78 Å². The molecule has 1 fully saturated rings. The van der Waals surface area contributed by atoms with Gasteiger partial charge in [0.25, 0.3) is 0 Å². The van der Waals surface area contributed by atoms with Gasteiger partial charge in [-0.1, -0.05) is 13.8 Å². The quantitative estimate of drug-likeness (QED) is 0.815. The maximum atomic E-state index is 13.7. The van der Waals surface area contributed by atoms with Crippen molar-refractivity contribution in [2.24, 2.45) is 0 Å². The van der Waals surface area contributed by atoms with Gasteiger partial charge in [0, 0.05) is 18.5 Å². The molecule has 1 N–H and O–H groups in total. The lowest BCUT2D eigenvalue weighted by atomic mass is 9.92. The highest BCUT2D eigenvalue weighted by molar-refractivity contribution is 5.32. The van der Waals surface area contributed by atoms with E-state index in [1.165, 1.54) is 0 Å². The standard InChI is InChI=1S/C13H17F2N/c1-8(2)10-5-11(9-3-4-16-7-9)13(15)6-12(10)14/h5-6,8-9,16H,3-4,7H2,1-2H3. The van der Waals surface area contributed by atoms with Crippen LogP contribution in [-0.2, 0) is 0 Å². The van der Waals surface area contributed by atoms with Crippen molar-refractivity contribution in [1.29, 1.82) is 0 Å². The smallest absolute Gasteiger partial charge is 0.129 e. The molecule has 1 heterocycles. The predicted molar refractivity (Wildman–Crippen MR) is 60.7 cm³/mol. The summed E-state index contributed by atoms with van der Waals surface area (Å²) in [5, 5.41) is 3.20. The molecule has 0 bridgehead atoms. The summed E-state index contributed by atoms with van der Waals surface area (Å²) in [6.07, 6.45) is 0.931. The minimum Gasteiger partial charge on any atom is -0.316 e. The third kappa shape index (κ3) is 2.09. The molecule has 0 radical (unpaired) electrons. The van der Waals surface area contributed by atoms with E-state index >= 15 is 0 Å². The van der Waals surface area contributed by atoms with Crippen molar-refractivity contribution in [2.45, 2.75) is 32.1 Å². The molecule has 3 heteroatoms. The lowest BCUT2D eigenvalue weighted by Gasteiger charge is -2.14. The highest BCUT2D eigenvalue weighted by Crippen LogP contribution is 2.29. The molecule has 1 unspecified atom stereocenters. The van der Waals surface area contributed by atoms with Crippen LogP contribution in [0.3, 0.4) is 0 Å². The van der Waals surface area contributed by atoms with Gasteiger partial charge in [0.05, 0.1) is 0 Å². The Morgan fingerprint density at radius 3 is 2.56 bits per heavy atom. The normalized spacial score (nSPS) is 20.7. The Hall–Kier alpha value is -0.960. The third-order valence-corrected chi connectivity index (χ3v) is 3.24. The molecular weight excluding hydrogens is 208 g/mol. The van der Waals surface area contributed by atoms with E-state index in [-0.39, 0.29) is 11.8 Å². The van der Waals surface area contributed by atoms with E-state index < -0.39 is 11.6 Å². The number of hydrogen-bond donors (Lipinski definition) is 1. The molecule has 1 aliphatic heterocycles. The van der Waals surface area contributed by atoms with E-state index in [1.54, 1.807) is 6.07 Å². The van der Waals surface area contributed by atoms with Crippen LogP contribution in [0.2, 0.25) is 0 Å². The van der Waals surface area contributed by atoms with Crippen molar-refractivity contribution < 1.29 is 8.78 Å². The minimum atomic E-state index is -0.429.